The maximum absolute atomic E-state index is 12.6. The summed E-state index contributed by atoms with van der Waals surface area (Å²) in [5.41, 5.74) is 1.63. The molecule has 1 saturated heterocycles. The summed E-state index contributed by atoms with van der Waals surface area (Å²) in [5, 5.41) is 4.40. The third-order valence-corrected chi connectivity index (χ3v) is 4.13. The molecular formula is C15H27N4O+. The van der Waals surface area contributed by atoms with Crippen molar-refractivity contribution in [3.8, 4) is 0 Å². The van der Waals surface area contributed by atoms with Crippen LogP contribution >= 0.6 is 0 Å². The highest BCUT2D eigenvalue weighted by molar-refractivity contribution is 5.95. The summed E-state index contributed by atoms with van der Waals surface area (Å²) in [4.78, 5) is 16.2. The lowest BCUT2D eigenvalue weighted by molar-refractivity contribution is -0.902. The molecule has 0 saturated carbocycles. The first-order valence-electron chi connectivity index (χ1n) is 7.52. The van der Waals surface area contributed by atoms with E-state index in [0.717, 1.165) is 44.0 Å². The van der Waals surface area contributed by atoms with E-state index in [4.69, 9.17) is 0 Å². The minimum absolute atomic E-state index is 0.0896. The van der Waals surface area contributed by atoms with E-state index in [2.05, 4.69) is 32.8 Å². The normalized spacial score (nSPS) is 17.6. The van der Waals surface area contributed by atoms with E-state index < -0.39 is 0 Å². The predicted octanol–water partition coefficient (Wildman–Crippen LogP) is 0.307. The number of likely N-dealkylation sites (N-methyl/N-ethyl adjacent to an activating group) is 1. The topological polar surface area (TPSA) is 42.6 Å². The van der Waals surface area contributed by atoms with E-state index in [1.165, 1.54) is 0 Å². The third-order valence-electron chi connectivity index (χ3n) is 4.13. The molecule has 1 aliphatic heterocycles. The SMILES string of the molecule is CC[NH+]1CCN(C(=O)c2cnn(C(C)(C)C)c2C)CC1. The van der Waals surface area contributed by atoms with Crippen molar-refractivity contribution in [1.29, 1.82) is 0 Å². The number of hydrogen-bond donors (Lipinski definition) is 1. The molecule has 20 heavy (non-hydrogen) atoms. The summed E-state index contributed by atoms with van der Waals surface area (Å²) in [5.74, 6) is 0.133. The first-order chi connectivity index (χ1) is 9.34. The zero-order valence-corrected chi connectivity index (χ0v) is 13.4. The second-order valence-electron chi connectivity index (χ2n) is 6.62. The Morgan fingerprint density at radius 2 is 1.95 bits per heavy atom. The Hall–Kier alpha value is -1.36. The Morgan fingerprint density at radius 1 is 1.35 bits per heavy atom. The van der Waals surface area contributed by atoms with Gasteiger partial charge in [0.05, 0.1) is 50.0 Å². The number of quaternary nitrogens is 1. The van der Waals surface area contributed by atoms with Gasteiger partial charge in [-0.05, 0) is 34.6 Å². The van der Waals surface area contributed by atoms with Crippen LogP contribution in [0.1, 0.15) is 43.7 Å². The molecule has 1 aromatic rings. The Labute approximate surface area is 121 Å². The van der Waals surface area contributed by atoms with E-state index in [1.54, 1.807) is 11.1 Å². The number of hydrogen-bond acceptors (Lipinski definition) is 2. The molecule has 2 rings (SSSR count). The molecule has 2 heterocycles. The number of rotatable bonds is 2. The lowest BCUT2D eigenvalue weighted by atomic mass is 10.1. The Bertz CT molecular complexity index is 479. The van der Waals surface area contributed by atoms with Crippen molar-refractivity contribution in [3.63, 3.8) is 0 Å². The first kappa shape index (κ1) is 15.0. The fourth-order valence-electron chi connectivity index (χ4n) is 2.85. The van der Waals surface area contributed by atoms with Crippen LogP contribution in [-0.4, -0.2) is 53.3 Å². The number of carbonyl (C=O) groups is 1. The van der Waals surface area contributed by atoms with E-state index in [1.807, 2.05) is 16.5 Å². The van der Waals surface area contributed by atoms with Gasteiger partial charge >= 0.3 is 0 Å². The molecular weight excluding hydrogens is 252 g/mol. The average molecular weight is 279 g/mol. The lowest BCUT2D eigenvalue weighted by Gasteiger charge is -2.31. The molecule has 0 unspecified atom stereocenters. The summed E-state index contributed by atoms with van der Waals surface area (Å²) in [7, 11) is 0. The van der Waals surface area contributed by atoms with Crippen molar-refractivity contribution in [2.75, 3.05) is 32.7 Å². The van der Waals surface area contributed by atoms with Gasteiger partial charge in [0.2, 0.25) is 0 Å². The van der Waals surface area contributed by atoms with Gasteiger partial charge in [0.1, 0.15) is 0 Å². The van der Waals surface area contributed by atoms with Gasteiger partial charge < -0.3 is 9.80 Å². The number of nitrogens with zero attached hydrogens (tertiary/aromatic N) is 3. The van der Waals surface area contributed by atoms with Crippen molar-refractivity contribution in [2.24, 2.45) is 0 Å². The fraction of sp³-hybridized carbons (Fsp3) is 0.733. The van der Waals surface area contributed by atoms with Crippen LogP contribution in [0.25, 0.3) is 0 Å². The summed E-state index contributed by atoms with van der Waals surface area (Å²) in [6, 6.07) is 0. The van der Waals surface area contributed by atoms with Crippen molar-refractivity contribution in [2.45, 2.75) is 40.2 Å². The number of carbonyl (C=O) groups excluding carboxylic acids is 1. The highest BCUT2D eigenvalue weighted by Gasteiger charge is 2.27. The van der Waals surface area contributed by atoms with Crippen molar-refractivity contribution < 1.29 is 9.69 Å². The molecule has 0 spiro atoms. The number of nitrogens with one attached hydrogen (secondary N) is 1. The number of amides is 1. The molecule has 112 valence electrons. The summed E-state index contributed by atoms with van der Waals surface area (Å²) in [6.45, 7) is 15.4. The highest BCUT2D eigenvalue weighted by Crippen LogP contribution is 2.19. The second kappa shape index (κ2) is 5.56. The van der Waals surface area contributed by atoms with Crippen LogP contribution in [0, 0.1) is 6.92 Å². The molecule has 0 bridgehead atoms. The van der Waals surface area contributed by atoms with Crippen LogP contribution in [0.3, 0.4) is 0 Å². The van der Waals surface area contributed by atoms with Gasteiger partial charge in [-0.2, -0.15) is 5.10 Å². The Kier molecular flexibility index (Phi) is 4.18. The van der Waals surface area contributed by atoms with Crippen LogP contribution in [0.2, 0.25) is 0 Å². The smallest absolute Gasteiger partial charge is 0.257 e. The molecule has 1 aliphatic rings. The van der Waals surface area contributed by atoms with Gasteiger partial charge in [0.15, 0.2) is 0 Å². The fourth-order valence-corrected chi connectivity index (χ4v) is 2.85. The molecule has 0 aliphatic carbocycles. The van der Waals surface area contributed by atoms with Gasteiger partial charge in [-0.15, -0.1) is 0 Å². The first-order valence-corrected chi connectivity index (χ1v) is 7.52. The largest absolute Gasteiger partial charge is 0.332 e. The van der Waals surface area contributed by atoms with Crippen molar-refractivity contribution in [1.82, 2.24) is 14.7 Å². The van der Waals surface area contributed by atoms with Crippen LogP contribution in [0.5, 0.6) is 0 Å². The molecule has 1 amide bonds. The summed E-state index contributed by atoms with van der Waals surface area (Å²) < 4.78 is 1.94. The molecule has 0 aromatic carbocycles. The lowest BCUT2D eigenvalue weighted by Crippen LogP contribution is -3.14. The van der Waals surface area contributed by atoms with Crippen molar-refractivity contribution in [3.05, 3.63) is 17.5 Å². The van der Waals surface area contributed by atoms with E-state index >= 15 is 0 Å². The molecule has 0 radical (unpaired) electrons. The molecule has 5 heteroatoms. The minimum Gasteiger partial charge on any atom is -0.332 e. The summed E-state index contributed by atoms with van der Waals surface area (Å²) in [6.07, 6.45) is 1.72. The predicted molar refractivity (Wildman–Crippen MR) is 79.1 cm³/mol. The van der Waals surface area contributed by atoms with Gasteiger partial charge in [0.25, 0.3) is 5.91 Å². The Balaban J connectivity index is 2.13. The highest BCUT2D eigenvalue weighted by atomic mass is 16.2. The Morgan fingerprint density at radius 3 is 2.40 bits per heavy atom. The minimum atomic E-state index is -0.0896. The van der Waals surface area contributed by atoms with E-state index in [-0.39, 0.29) is 11.4 Å². The molecule has 1 aromatic heterocycles. The molecule has 1 N–H and O–H groups in total. The van der Waals surface area contributed by atoms with Gasteiger partial charge in [-0.25, -0.2) is 0 Å². The van der Waals surface area contributed by atoms with Crippen LogP contribution in [0.15, 0.2) is 6.20 Å². The molecule has 1 fully saturated rings. The average Bonchev–Trinajstić information content (AvgIpc) is 2.80. The van der Waals surface area contributed by atoms with Crippen LogP contribution < -0.4 is 4.90 Å². The van der Waals surface area contributed by atoms with Crippen molar-refractivity contribution >= 4 is 5.91 Å². The quantitative estimate of drug-likeness (QED) is 0.846. The van der Waals surface area contributed by atoms with Gasteiger partial charge in [0, 0.05) is 5.69 Å². The van der Waals surface area contributed by atoms with Crippen LogP contribution in [-0.2, 0) is 5.54 Å². The third kappa shape index (κ3) is 2.87. The molecule has 5 nitrogen and oxygen atoms in total. The van der Waals surface area contributed by atoms with E-state index in [9.17, 15) is 4.79 Å². The zero-order chi connectivity index (χ0) is 14.9. The molecule has 0 atom stereocenters. The number of aromatic nitrogens is 2. The van der Waals surface area contributed by atoms with E-state index in [0.29, 0.717) is 0 Å². The summed E-state index contributed by atoms with van der Waals surface area (Å²) >= 11 is 0. The maximum Gasteiger partial charge on any atom is 0.257 e. The van der Waals surface area contributed by atoms with Gasteiger partial charge in [-0.3, -0.25) is 9.48 Å². The standard InChI is InChI=1S/C15H26N4O/c1-6-17-7-9-18(10-8-17)14(20)13-11-16-19(12(13)2)15(3,4)5/h11H,6-10H2,1-5H3/p+1. The monoisotopic (exact) mass is 279 g/mol. The zero-order valence-electron chi connectivity index (χ0n) is 13.4. The van der Waals surface area contributed by atoms with Crippen LogP contribution in [0.4, 0.5) is 0 Å². The second-order valence-corrected chi connectivity index (χ2v) is 6.62. The maximum atomic E-state index is 12.6. The number of piperazine rings is 1. The van der Waals surface area contributed by atoms with Gasteiger partial charge in [-0.1, -0.05) is 0 Å².